The zero-order valence-electron chi connectivity index (χ0n) is 12.7. The number of aliphatic carboxylic acids is 1. The predicted octanol–water partition coefficient (Wildman–Crippen LogP) is 1.53. The average Bonchev–Trinajstić information content (AvgIpc) is 2.41. The van der Waals surface area contributed by atoms with Crippen LogP contribution < -0.4 is 5.48 Å². The van der Waals surface area contributed by atoms with Crippen molar-refractivity contribution in [1.82, 2.24) is 5.48 Å². The van der Waals surface area contributed by atoms with Gasteiger partial charge >= 0.3 is 17.9 Å². The molecule has 1 rings (SSSR count). The number of carbonyl (C=O) groups is 3. The summed E-state index contributed by atoms with van der Waals surface area (Å²) in [5.41, 5.74) is 1.62. The van der Waals surface area contributed by atoms with Crippen LogP contribution in [-0.4, -0.2) is 34.7 Å². The van der Waals surface area contributed by atoms with Crippen molar-refractivity contribution in [1.29, 1.82) is 0 Å². The first-order valence-electron chi connectivity index (χ1n) is 6.65. The number of carboxylic acid groups (broad SMARTS) is 1. The fourth-order valence-electron chi connectivity index (χ4n) is 1.49. The molecule has 0 amide bonds. The lowest BCUT2D eigenvalue weighted by Crippen LogP contribution is -2.41. The minimum atomic E-state index is -1.39. The molecule has 0 aromatic heterocycles. The molecule has 2 N–H and O–H groups in total. The van der Waals surface area contributed by atoms with E-state index in [4.69, 9.17) is 14.7 Å². The summed E-state index contributed by atoms with van der Waals surface area (Å²) >= 11 is 0. The van der Waals surface area contributed by atoms with E-state index < -0.39 is 36.0 Å². The Morgan fingerprint density at radius 1 is 1.18 bits per heavy atom. The van der Waals surface area contributed by atoms with E-state index in [1.165, 1.54) is 12.1 Å². The van der Waals surface area contributed by atoms with Crippen LogP contribution in [0.3, 0.4) is 0 Å². The lowest BCUT2D eigenvalue weighted by molar-refractivity contribution is -0.160. The van der Waals surface area contributed by atoms with Crippen LogP contribution in [-0.2, 0) is 19.2 Å². The molecule has 7 heteroatoms. The lowest BCUT2D eigenvalue weighted by Gasteiger charge is -2.21. The molecule has 0 radical (unpaired) electrons. The van der Waals surface area contributed by atoms with Crippen LogP contribution >= 0.6 is 0 Å². The van der Waals surface area contributed by atoms with Crippen molar-refractivity contribution in [2.45, 2.75) is 38.8 Å². The Morgan fingerprint density at radius 2 is 1.77 bits per heavy atom. The molecule has 0 fully saturated rings. The summed E-state index contributed by atoms with van der Waals surface area (Å²) in [6.45, 7) is 5.01. The van der Waals surface area contributed by atoms with Crippen molar-refractivity contribution in [3.63, 3.8) is 0 Å². The lowest BCUT2D eigenvalue weighted by atomic mass is 10.2. The van der Waals surface area contributed by atoms with Gasteiger partial charge < -0.3 is 14.7 Å². The van der Waals surface area contributed by atoms with E-state index in [1.54, 1.807) is 39.0 Å². The second-order valence-electron chi connectivity index (χ2n) is 5.55. The summed E-state index contributed by atoms with van der Waals surface area (Å²) in [6, 6.07) is 6.67. The molecule has 0 saturated carbocycles. The molecule has 7 nitrogen and oxygen atoms in total. The van der Waals surface area contributed by atoms with Gasteiger partial charge in [0.1, 0.15) is 5.60 Å². The molecule has 0 heterocycles. The summed E-state index contributed by atoms with van der Waals surface area (Å²) < 4.78 is 5.03. The maximum Gasteiger partial charge on any atom is 0.356 e. The van der Waals surface area contributed by atoms with Crippen LogP contribution in [0.4, 0.5) is 0 Å². The SMILES string of the molecule is CC(C)(C)OC(=O)C[C@H](NOC(=O)c1ccccc1)C(=O)O. The van der Waals surface area contributed by atoms with Crippen molar-refractivity contribution < 1.29 is 29.1 Å². The zero-order chi connectivity index (χ0) is 16.8. The molecule has 120 valence electrons. The molecule has 0 bridgehead atoms. The number of benzene rings is 1. The fraction of sp³-hybridized carbons (Fsp3) is 0.400. The number of nitrogens with one attached hydrogen (secondary N) is 1. The van der Waals surface area contributed by atoms with Gasteiger partial charge in [-0.25, -0.2) is 4.79 Å². The Kier molecular flexibility index (Phi) is 6.06. The topological polar surface area (TPSA) is 102 Å². The van der Waals surface area contributed by atoms with Crippen molar-refractivity contribution in [3.8, 4) is 0 Å². The van der Waals surface area contributed by atoms with Crippen molar-refractivity contribution in [3.05, 3.63) is 35.9 Å². The molecule has 22 heavy (non-hydrogen) atoms. The zero-order valence-corrected chi connectivity index (χ0v) is 12.7. The molecule has 0 saturated heterocycles. The van der Waals surface area contributed by atoms with Crippen LogP contribution in [0, 0.1) is 0 Å². The van der Waals surface area contributed by atoms with E-state index >= 15 is 0 Å². The van der Waals surface area contributed by atoms with Crippen LogP contribution in [0.1, 0.15) is 37.6 Å². The maximum absolute atomic E-state index is 11.7. The van der Waals surface area contributed by atoms with Crippen molar-refractivity contribution in [2.75, 3.05) is 0 Å². The standard InChI is InChI=1S/C15H19NO6/c1-15(2,3)21-12(17)9-11(13(18)19)16-22-14(20)10-7-5-4-6-8-10/h4-8,11,16H,9H2,1-3H3,(H,18,19)/t11-/m0/s1. The van der Waals surface area contributed by atoms with Gasteiger partial charge in [0.25, 0.3) is 0 Å². The third-order valence-electron chi connectivity index (χ3n) is 2.39. The van der Waals surface area contributed by atoms with E-state index in [1.807, 2.05) is 0 Å². The number of carbonyl (C=O) groups excluding carboxylic acids is 2. The largest absolute Gasteiger partial charge is 0.480 e. The smallest absolute Gasteiger partial charge is 0.356 e. The van der Waals surface area contributed by atoms with Crippen LogP contribution in [0.2, 0.25) is 0 Å². The van der Waals surface area contributed by atoms with E-state index in [-0.39, 0.29) is 5.56 Å². The maximum atomic E-state index is 11.7. The van der Waals surface area contributed by atoms with Crippen molar-refractivity contribution in [2.24, 2.45) is 0 Å². The Bertz CT molecular complexity index is 535. The number of hydroxylamine groups is 1. The Labute approximate surface area is 128 Å². The van der Waals surface area contributed by atoms with Gasteiger partial charge in [0.15, 0.2) is 6.04 Å². The van der Waals surface area contributed by atoms with Gasteiger partial charge in [0, 0.05) is 0 Å². The van der Waals surface area contributed by atoms with E-state index in [9.17, 15) is 14.4 Å². The molecule has 1 aromatic rings. The van der Waals surface area contributed by atoms with E-state index in [2.05, 4.69) is 5.48 Å². The second-order valence-corrected chi connectivity index (χ2v) is 5.55. The first-order chi connectivity index (χ1) is 10.2. The quantitative estimate of drug-likeness (QED) is 0.607. The number of ether oxygens (including phenoxy) is 1. The van der Waals surface area contributed by atoms with Gasteiger partial charge in [-0.2, -0.15) is 0 Å². The highest BCUT2D eigenvalue weighted by molar-refractivity contribution is 5.89. The Hall–Kier alpha value is -2.41. The number of carboxylic acids is 1. The summed E-state index contributed by atoms with van der Waals surface area (Å²) in [4.78, 5) is 39.1. The third kappa shape index (κ3) is 6.36. The molecule has 0 aliphatic heterocycles. The van der Waals surface area contributed by atoms with Gasteiger partial charge in [-0.15, -0.1) is 5.48 Å². The highest BCUT2D eigenvalue weighted by Crippen LogP contribution is 2.09. The van der Waals surface area contributed by atoms with Gasteiger partial charge in [-0.05, 0) is 32.9 Å². The molecular formula is C15H19NO6. The molecule has 0 aliphatic rings. The molecule has 0 spiro atoms. The normalized spacial score (nSPS) is 12.3. The van der Waals surface area contributed by atoms with Gasteiger partial charge in [0.2, 0.25) is 0 Å². The molecule has 1 aromatic carbocycles. The van der Waals surface area contributed by atoms with Gasteiger partial charge in [-0.3, -0.25) is 9.59 Å². The van der Waals surface area contributed by atoms with Gasteiger partial charge in [-0.1, -0.05) is 18.2 Å². The number of esters is 1. The minimum absolute atomic E-state index is 0.261. The Morgan fingerprint density at radius 3 is 2.27 bits per heavy atom. The predicted molar refractivity (Wildman–Crippen MR) is 76.9 cm³/mol. The number of hydrogen-bond acceptors (Lipinski definition) is 6. The van der Waals surface area contributed by atoms with Crippen LogP contribution in [0.5, 0.6) is 0 Å². The van der Waals surface area contributed by atoms with Crippen molar-refractivity contribution >= 4 is 17.9 Å². The van der Waals surface area contributed by atoms with Gasteiger partial charge in [0.05, 0.1) is 12.0 Å². The number of hydrogen-bond donors (Lipinski definition) is 2. The third-order valence-corrected chi connectivity index (χ3v) is 2.39. The average molecular weight is 309 g/mol. The molecule has 0 unspecified atom stereocenters. The summed E-state index contributed by atoms with van der Waals surface area (Å²) in [6.07, 6.45) is -0.464. The molecular weight excluding hydrogens is 290 g/mol. The van der Waals surface area contributed by atoms with Crippen LogP contribution in [0.15, 0.2) is 30.3 Å². The summed E-state index contributed by atoms with van der Waals surface area (Å²) in [5.74, 6) is -2.77. The fourth-order valence-corrected chi connectivity index (χ4v) is 1.49. The summed E-state index contributed by atoms with van der Waals surface area (Å²) in [7, 11) is 0. The summed E-state index contributed by atoms with van der Waals surface area (Å²) in [5, 5.41) is 9.04. The van der Waals surface area contributed by atoms with E-state index in [0.717, 1.165) is 0 Å². The first kappa shape index (κ1) is 17.6. The first-order valence-corrected chi connectivity index (χ1v) is 6.65. The highest BCUT2D eigenvalue weighted by Gasteiger charge is 2.26. The number of rotatable bonds is 6. The highest BCUT2D eigenvalue weighted by atomic mass is 16.7. The van der Waals surface area contributed by atoms with Crippen LogP contribution in [0.25, 0.3) is 0 Å². The monoisotopic (exact) mass is 309 g/mol. The van der Waals surface area contributed by atoms with E-state index in [0.29, 0.717) is 0 Å². The Balaban J connectivity index is 2.57. The second kappa shape index (κ2) is 7.56. The molecule has 0 aliphatic carbocycles. The minimum Gasteiger partial charge on any atom is -0.480 e. The molecule has 1 atom stereocenters.